The molecular weight excluding hydrogens is 1090 g/mol. The summed E-state index contributed by atoms with van der Waals surface area (Å²) in [5.41, 5.74) is 22.7. The van der Waals surface area contributed by atoms with E-state index in [-0.39, 0.29) is 35.5 Å². The Morgan fingerprint density at radius 2 is 0.733 bits per heavy atom. The normalized spacial score (nSPS) is 19.6. The molecule has 18 N–H and O–H groups in total. The van der Waals surface area contributed by atoms with Gasteiger partial charge < -0.3 is 62.3 Å². The number of fused-ring (bicyclic) bond motifs is 8. The molecule has 0 radical (unpaired) electrons. The predicted octanol–water partition coefficient (Wildman–Crippen LogP) is 6.18. The molecule has 4 aromatic rings. The maximum Gasteiger partial charge on any atom is 0.314 e. The molecule has 0 spiro atoms. The van der Waals surface area contributed by atoms with Gasteiger partial charge in [-0.15, -0.1) is 0 Å². The van der Waals surface area contributed by atoms with Gasteiger partial charge in [0.05, 0.1) is 26.4 Å². The van der Waals surface area contributed by atoms with E-state index in [1.807, 2.05) is 13.8 Å². The van der Waals surface area contributed by atoms with E-state index in [1.54, 1.807) is 0 Å². The summed E-state index contributed by atoms with van der Waals surface area (Å²) in [4.78, 5) is 24.8. The molecule has 86 heavy (non-hydrogen) atoms. The van der Waals surface area contributed by atoms with Crippen molar-refractivity contribution in [3.05, 3.63) is 105 Å². The lowest BCUT2D eigenvalue weighted by Crippen LogP contribution is -2.75. The Morgan fingerprint density at radius 3 is 1.03 bits per heavy atom. The summed E-state index contributed by atoms with van der Waals surface area (Å²) in [6.07, 6.45) is 4.40. The Kier molecular flexibility index (Phi) is 26.0. The number of para-hydroxylation sites is 2. The third kappa shape index (κ3) is 20.5. The Hall–Kier alpha value is -6.18. The highest BCUT2D eigenvalue weighted by Gasteiger charge is 2.31. The lowest BCUT2D eigenvalue weighted by molar-refractivity contribution is 0.172. The van der Waals surface area contributed by atoms with Crippen LogP contribution in [-0.2, 0) is 25.7 Å². The van der Waals surface area contributed by atoms with Crippen molar-refractivity contribution in [2.45, 2.75) is 171 Å². The largest absolute Gasteiger partial charge is 0.493 e. The number of carbonyl (C=O) groups excluding carboxylic acids is 2. The number of benzene rings is 4. The van der Waals surface area contributed by atoms with Crippen molar-refractivity contribution in [1.82, 2.24) is 63.8 Å². The molecule has 2 saturated heterocycles. The first-order chi connectivity index (χ1) is 41.4. The fourth-order valence-electron chi connectivity index (χ4n) is 10.6. The van der Waals surface area contributed by atoms with Gasteiger partial charge in [0.1, 0.15) is 60.7 Å². The SMILES string of the molecule is CCCNC(=O)NCC(C)(C)CNC1NC(N)NC(Nc2cc3c(OCCC)c(c2)Cc2cccc(c2OCCC)Cc2cc(NC4NC(N)NC(NCC(C)(C)CNC(=O)NCCC)N4)cc(c2OCCC)Cc2cccc(c2OCCC)C3)N1. The van der Waals surface area contributed by atoms with Crippen molar-refractivity contribution < 1.29 is 28.5 Å². The van der Waals surface area contributed by atoms with Gasteiger partial charge in [0.15, 0.2) is 0 Å². The van der Waals surface area contributed by atoms with Gasteiger partial charge in [0.2, 0.25) is 0 Å². The molecular formula is C64H104N16O6. The van der Waals surface area contributed by atoms with Crippen LogP contribution in [0.2, 0.25) is 0 Å². The summed E-state index contributed by atoms with van der Waals surface area (Å²) in [5, 5.41) is 47.4. The van der Waals surface area contributed by atoms with E-state index in [1.165, 1.54) is 0 Å². The number of hydrogen-bond acceptors (Lipinski definition) is 18. The second kappa shape index (κ2) is 33.2. The molecule has 2 fully saturated rings. The number of nitrogens with one attached hydrogen (secondary N) is 14. The Balaban J connectivity index is 1.26. The number of rotatable bonds is 30. The molecule has 22 nitrogen and oxygen atoms in total. The molecule has 7 rings (SSSR count). The monoisotopic (exact) mass is 1190 g/mol. The minimum atomic E-state index is -0.548. The summed E-state index contributed by atoms with van der Waals surface area (Å²) >= 11 is 0. The van der Waals surface area contributed by atoms with Gasteiger partial charge in [0, 0.05) is 98.6 Å². The van der Waals surface area contributed by atoms with E-state index in [2.05, 4.69) is 190 Å². The Labute approximate surface area is 511 Å². The highest BCUT2D eigenvalue weighted by Crippen LogP contribution is 2.41. The highest BCUT2D eigenvalue weighted by atomic mass is 16.5. The fourth-order valence-corrected chi connectivity index (χ4v) is 10.6. The summed E-state index contributed by atoms with van der Waals surface area (Å²) in [5.74, 6) is 3.36. The molecule has 0 saturated carbocycles. The summed E-state index contributed by atoms with van der Waals surface area (Å²) < 4.78 is 27.6. The molecule has 6 unspecified atom stereocenters. The number of ether oxygens (including phenoxy) is 4. The van der Waals surface area contributed by atoms with Crippen LogP contribution in [0.25, 0.3) is 0 Å². The van der Waals surface area contributed by atoms with Gasteiger partial charge in [0.25, 0.3) is 0 Å². The van der Waals surface area contributed by atoms with Crippen molar-refractivity contribution >= 4 is 23.4 Å². The molecule has 476 valence electrons. The van der Waals surface area contributed by atoms with Crippen molar-refractivity contribution in [3.8, 4) is 23.0 Å². The maximum absolute atomic E-state index is 12.4. The number of urea groups is 2. The van der Waals surface area contributed by atoms with E-state index in [0.29, 0.717) is 91.4 Å². The van der Waals surface area contributed by atoms with E-state index in [4.69, 9.17) is 30.4 Å². The summed E-state index contributed by atoms with van der Waals surface area (Å²) in [6, 6.07) is 21.4. The predicted molar refractivity (Wildman–Crippen MR) is 344 cm³/mol. The molecule has 2 aliphatic heterocycles. The van der Waals surface area contributed by atoms with E-state index in [9.17, 15) is 9.59 Å². The quantitative estimate of drug-likeness (QED) is 0.0244. The number of anilines is 2. The Morgan fingerprint density at radius 1 is 0.430 bits per heavy atom. The van der Waals surface area contributed by atoms with Crippen LogP contribution in [0.1, 0.15) is 152 Å². The molecule has 8 bridgehead atoms. The number of nitrogens with two attached hydrogens (primary N) is 2. The molecule has 0 aromatic heterocycles. The van der Waals surface area contributed by atoms with Crippen LogP contribution in [0.5, 0.6) is 23.0 Å². The highest BCUT2D eigenvalue weighted by molar-refractivity contribution is 5.74. The number of hydrogen-bond donors (Lipinski definition) is 16. The second-order valence-electron chi connectivity index (χ2n) is 24.4. The van der Waals surface area contributed by atoms with Gasteiger partial charge in [-0.05, 0) is 95.9 Å². The molecule has 22 heteroatoms. The topological polar surface area (TPSA) is 292 Å². The molecule has 1 aliphatic carbocycles. The third-order valence-corrected chi connectivity index (χ3v) is 14.9. The average molecular weight is 1190 g/mol. The first-order valence-corrected chi connectivity index (χ1v) is 31.6. The zero-order valence-corrected chi connectivity index (χ0v) is 53.0. The van der Waals surface area contributed by atoms with Crippen molar-refractivity contribution in [2.24, 2.45) is 22.3 Å². The summed E-state index contributed by atoms with van der Waals surface area (Å²) in [6.45, 7) is 26.6. The standard InChI is InChI=1S/C64H104N16O6/c1-11-23-67-61(81)71-39-63(7,8)37-69-57-75-55(65)77-59(79-57)73-49-33-45-29-41-19-17-21-43(51(41)83-25-13-3)31-47-35-50(74-60-78-56(66)76-58(80-60)70-38-64(9,10)40-72-62(82)68-24-12-2)36-48(54(47)86-28-16-6)32-44-22-18-20-42(52(44)84-26-14-4)30-46(34-49)53(45)85-27-15-5/h17-22,33-36,55-60,69-70,73-80H,11-16,23-32,37-40,65-66H2,1-10H3,(H2,67,71,81)(H2,68,72,82). The molecule has 4 aromatic carbocycles. The van der Waals surface area contributed by atoms with E-state index < -0.39 is 25.2 Å². The first-order valence-electron chi connectivity index (χ1n) is 31.6. The van der Waals surface area contributed by atoms with Crippen molar-refractivity contribution in [2.75, 3.05) is 76.3 Å². The van der Waals surface area contributed by atoms with Crippen LogP contribution in [-0.4, -0.2) is 115 Å². The van der Waals surface area contributed by atoms with Crippen LogP contribution in [0.4, 0.5) is 21.0 Å². The van der Waals surface area contributed by atoms with Gasteiger partial charge in [-0.2, -0.15) is 0 Å². The minimum Gasteiger partial charge on any atom is -0.493 e. The maximum atomic E-state index is 12.4. The van der Waals surface area contributed by atoms with Crippen LogP contribution in [0.15, 0.2) is 60.7 Å². The van der Waals surface area contributed by atoms with Crippen LogP contribution < -0.4 is 105 Å². The van der Waals surface area contributed by atoms with Gasteiger partial charge in [-0.1, -0.05) is 106 Å². The van der Waals surface area contributed by atoms with E-state index in [0.717, 1.165) is 117 Å². The minimum absolute atomic E-state index is 0.168. The zero-order valence-electron chi connectivity index (χ0n) is 53.0. The van der Waals surface area contributed by atoms with Crippen LogP contribution >= 0.6 is 0 Å². The van der Waals surface area contributed by atoms with E-state index >= 15 is 0 Å². The fraction of sp³-hybridized carbons (Fsp3) is 0.594. The summed E-state index contributed by atoms with van der Waals surface area (Å²) in [7, 11) is 0. The molecule has 4 amide bonds. The first kappa shape index (κ1) is 67.3. The molecule has 3 aliphatic rings. The van der Waals surface area contributed by atoms with Crippen LogP contribution in [0.3, 0.4) is 0 Å². The Bertz CT molecular complexity index is 2510. The van der Waals surface area contributed by atoms with Gasteiger partial charge in [-0.3, -0.25) is 42.5 Å². The zero-order chi connectivity index (χ0) is 61.6. The number of carbonyl (C=O) groups is 2. The smallest absolute Gasteiger partial charge is 0.314 e. The second-order valence-corrected chi connectivity index (χ2v) is 24.4. The number of amides is 4. The third-order valence-electron chi connectivity index (χ3n) is 14.9. The molecule has 2 heterocycles. The van der Waals surface area contributed by atoms with Gasteiger partial charge >= 0.3 is 12.1 Å². The van der Waals surface area contributed by atoms with Crippen molar-refractivity contribution in [1.29, 1.82) is 0 Å². The average Bonchev–Trinajstić information content (AvgIpc) is 1.17. The van der Waals surface area contributed by atoms with Gasteiger partial charge in [-0.25, -0.2) is 9.59 Å². The lowest BCUT2D eigenvalue weighted by atomic mass is 9.90. The molecule has 6 atom stereocenters. The van der Waals surface area contributed by atoms with Crippen molar-refractivity contribution in [3.63, 3.8) is 0 Å². The lowest BCUT2D eigenvalue weighted by Gasteiger charge is -2.39. The van der Waals surface area contributed by atoms with Crippen LogP contribution in [0, 0.1) is 10.8 Å².